The van der Waals surface area contributed by atoms with E-state index < -0.39 is 0 Å². The lowest BCUT2D eigenvalue weighted by molar-refractivity contribution is 1.05. The van der Waals surface area contributed by atoms with E-state index in [4.69, 9.17) is 11.6 Å². The summed E-state index contributed by atoms with van der Waals surface area (Å²) in [5.74, 6) is 0. The van der Waals surface area contributed by atoms with E-state index in [0.717, 1.165) is 6.42 Å². The number of aryl methyl sites for hydroxylation is 1. The van der Waals surface area contributed by atoms with Crippen LogP contribution in [0.25, 0.3) is 10.1 Å². The molecule has 0 bridgehead atoms. The van der Waals surface area contributed by atoms with Crippen LogP contribution in [0.4, 0.5) is 0 Å². The predicted octanol–water partition coefficient (Wildman–Crippen LogP) is 5.79. The minimum Gasteiger partial charge on any atom is -0.143 e. The lowest BCUT2D eigenvalue weighted by Gasteiger charge is -2.13. The number of hydrogen-bond donors (Lipinski definition) is 0. The normalized spacial score (nSPS) is 12.7. The Bertz CT molecular complexity index is 699. The van der Waals surface area contributed by atoms with Gasteiger partial charge >= 0.3 is 0 Å². The third-order valence-electron chi connectivity index (χ3n) is 3.49. The Morgan fingerprint density at radius 2 is 1.74 bits per heavy atom. The monoisotopic (exact) mass is 286 g/mol. The van der Waals surface area contributed by atoms with Gasteiger partial charge in [-0.3, -0.25) is 0 Å². The van der Waals surface area contributed by atoms with Crippen LogP contribution >= 0.6 is 22.9 Å². The molecule has 2 aromatic carbocycles. The first-order valence-electron chi connectivity index (χ1n) is 6.49. The summed E-state index contributed by atoms with van der Waals surface area (Å²) in [6.45, 7) is 2.17. The summed E-state index contributed by atoms with van der Waals surface area (Å²) in [6.07, 6.45) is 1.02. The van der Waals surface area contributed by atoms with Gasteiger partial charge in [-0.25, -0.2) is 0 Å². The highest BCUT2D eigenvalue weighted by Gasteiger charge is 2.17. The van der Waals surface area contributed by atoms with Crippen molar-refractivity contribution < 1.29 is 0 Å². The molecule has 0 aliphatic heterocycles. The molecule has 1 aromatic heterocycles. The minimum atomic E-state index is -0.0627. The molecule has 3 aromatic rings. The van der Waals surface area contributed by atoms with Crippen molar-refractivity contribution in [1.29, 1.82) is 0 Å². The lowest BCUT2D eigenvalue weighted by atomic mass is 9.97. The van der Waals surface area contributed by atoms with E-state index in [0.29, 0.717) is 0 Å². The Hall–Kier alpha value is -1.31. The van der Waals surface area contributed by atoms with Crippen molar-refractivity contribution in [3.05, 3.63) is 70.6 Å². The molecule has 0 spiro atoms. The molecule has 1 heterocycles. The van der Waals surface area contributed by atoms with Gasteiger partial charge in [0.2, 0.25) is 0 Å². The fourth-order valence-corrected chi connectivity index (χ4v) is 3.92. The van der Waals surface area contributed by atoms with Crippen LogP contribution in [0.2, 0.25) is 0 Å². The molecule has 96 valence electrons. The maximum absolute atomic E-state index is 6.74. The van der Waals surface area contributed by atoms with E-state index in [1.54, 1.807) is 11.3 Å². The Balaban J connectivity index is 2.11. The second kappa shape index (κ2) is 5.36. The molecule has 1 atom stereocenters. The fourth-order valence-electron chi connectivity index (χ4n) is 2.47. The standard InChI is InChI=1S/C17H15ClS/c1-2-12-7-3-4-8-13(12)17(18)15-11-19-16-10-6-5-9-14(15)16/h3-11,17H,2H2,1H3. The quantitative estimate of drug-likeness (QED) is 0.534. The SMILES string of the molecule is CCc1ccccc1C(Cl)c1csc2ccccc12. The van der Waals surface area contributed by atoms with Crippen LogP contribution in [-0.2, 0) is 6.42 Å². The number of halogens is 1. The number of hydrogen-bond acceptors (Lipinski definition) is 1. The Kier molecular flexibility index (Phi) is 3.58. The smallest absolute Gasteiger partial charge is 0.0852 e. The van der Waals surface area contributed by atoms with Gasteiger partial charge in [0.1, 0.15) is 0 Å². The average Bonchev–Trinajstić information content (AvgIpc) is 2.90. The van der Waals surface area contributed by atoms with Crippen molar-refractivity contribution in [2.45, 2.75) is 18.7 Å². The third-order valence-corrected chi connectivity index (χ3v) is 4.94. The molecule has 3 rings (SSSR count). The van der Waals surface area contributed by atoms with E-state index in [1.165, 1.54) is 26.8 Å². The number of alkyl halides is 1. The zero-order valence-corrected chi connectivity index (χ0v) is 12.3. The first kappa shape index (κ1) is 12.7. The van der Waals surface area contributed by atoms with E-state index >= 15 is 0 Å². The highest BCUT2D eigenvalue weighted by molar-refractivity contribution is 7.17. The topological polar surface area (TPSA) is 0 Å². The molecule has 1 unspecified atom stereocenters. The summed E-state index contributed by atoms with van der Waals surface area (Å²) in [5, 5.41) is 3.40. The third kappa shape index (κ3) is 2.29. The minimum absolute atomic E-state index is 0.0627. The Labute approximate surface area is 122 Å². The molecule has 0 aliphatic rings. The van der Waals surface area contributed by atoms with Gasteiger partial charge in [0, 0.05) is 4.70 Å². The van der Waals surface area contributed by atoms with Gasteiger partial charge in [-0.15, -0.1) is 22.9 Å². The average molecular weight is 287 g/mol. The summed E-state index contributed by atoms with van der Waals surface area (Å²) < 4.78 is 1.30. The number of fused-ring (bicyclic) bond motifs is 1. The van der Waals surface area contributed by atoms with Crippen LogP contribution in [0.1, 0.15) is 29.0 Å². The molecule has 0 saturated heterocycles. The highest BCUT2D eigenvalue weighted by Crippen LogP contribution is 2.38. The van der Waals surface area contributed by atoms with E-state index in [9.17, 15) is 0 Å². The number of benzene rings is 2. The van der Waals surface area contributed by atoms with E-state index in [1.807, 2.05) is 0 Å². The summed E-state index contributed by atoms with van der Waals surface area (Å²) >= 11 is 8.51. The van der Waals surface area contributed by atoms with Crippen molar-refractivity contribution >= 4 is 33.0 Å². The van der Waals surface area contributed by atoms with Crippen molar-refractivity contribution in [2.24, 2.45) is 0 Å². The first-order chi connectivity index (χ1) is 9.31. The molecule has 0 amide bonds. The molecule has 0 fully saturated rings. The predicted molar refractivity (Wildman–Crippen MR) is 85.3 cm³/mol. The lowest BCUT2D eigenvalue weighted by Crippen LogP contribution is -1.97. The molecular formula is C17H15ClS. The molecule has 0 aliphatic carbocycles. The second-order valence-electron chi connectivity index (χ2n) is 4.60. The number of rotatable bonds is 3. The highest BCUT2D eigenvalue weighted by atomic mass is 35.5. The van der Waals surface area contributed by atoms with Gasteiger partial charge in [0.05, 0.1) is 5.38 Å². The molecule has 0 nitrogen and oxygen atoms in total. The maximum Gasteiger partial charge on any atom is 0.0852 e. The zero-order chi connectivity index (χ0) is 13.2. The van der Waals surface area contributed by atoms with Gasteiger partial charge in [-0.05, 0) is 39.9 Å². The molecule has 19 heavy (non-hydrogen) atoms. The zero-order valence-electron chi connectivity index (χ0n) is 10.8. The summed E-state index contributed by atoms with van der Waals surface area (Å²) in [6, 6.07) is 16.9. The van der Waals surface area contributed by atoms with Gasteiger partial charge in [0.15, 0.2) is 0 Å². The van der Waals surface area contributed by atoms with Crippen LogP contribution in [0.5, 0.6) is 0 Å². The first-order valence-corrected chi connectivity index (χ1v) is 7.81. The second-order valence-corrected chi connectivity index (χ2v) is 5.95. The van der Waals surface area contributed by atoms with E-state index in [-0.39, 0.29) is 5.38 Å². The van der Waals surface area contributed by atoms with Crippen molar-refractivity contribution in [3.8, 4) is 0 Å². The Morgan fingerprint density at radius 1 is 1.00 bits per heavy atom. The van der Waals surface area contributed by atoms with Gasteiger partial charge in [-0.1, -0.05) is 49.4 Å². The van der Waals surface area contributed by atoms with Crippen molar-refractivity contribution in [3.63, 3.8) is 0 Å². The molecule has 0 radical (unpaired) electrons. The van der Waals surface area contributed by atoms with Gasteiger partial charge < -0.3 is 0 Å². The molecular weight excluding hydrogens is 272 g/mol. The van der Waals surface area contributed by atoms with Crippen molar-refractivity contribution in [2.75, 3.05) is 0 Å². The fraction of sp³-hybridized carbons (Fsp3) is 0.176. The van der Waals surface area contributed by atoms with Crippen LogP contribution < -0.4 is 0 Å². The largest absolute Gasteiger partial charge is 0.143 e. The summed E-state index contributed by atoms with van der Waals surface area (Å²) in [4.78, 5) is 0. The maximum atomic E-state index is 6.74. The summed E-state index contributed by atoms with van der Waals surface area (Å²) in [5.41, 5.74) is 3.79. The molecule has 0 saturated carbocycles. The van der Waals surface area contributed by atoms with Crippen LogP contribution in [0.3, 0.4) is 0 Å². The van der Waals surface area contributed by atoms with Crippen LogP contribution in [0, 0.1) is 0 Å². The number of thiophene rings is 1. The summed E-state index contributed by atoms with van der Waals surface area (Å²) in [7, 11) is 0. The van der Waals surface area contributed by atoms with Gasteiger partial charge in [-0.2, -0.15) is 0 Å². The van der Waals surface area contributed by atoms with E-state index in [2.05, 4.69) is 60.8 Å². The molecule has 2 heteroatoms. The molecule has 0 N–H and O–H groups in total. The Morgan fingerprint density at radius 3 is 2.58 bits per heavy atom. The van der Waals surface area contributed by atoms with Gasteiger partial charge in [0.25, 0.3) is 0 Å². The van der Waals surface area contributed by atoms with Crippen molar-refractivity contribution in [1.82, 2.24) is 0 Å². The van der Waals surface area contributed by atoms with Crippen LogP contribution in [-0.4, -0.2) is 0 Å². The van der Waals surface area contributed by atoms with Crippen LogP contribution in [0.15, 0.2) is 53.9 Å².